The first-order valence-electron chi connectivity index (χ1n) is 11.1. The number of aromatic amines is 1. The number of H-pyrrole nitrogens is 1. The smallest absolute Gasteiger partial charge is 0.255 e. The molecule has 1 saturated heterocycles. The zero-order valence-electron chi connectivity index (χ0n) is 18.4. The molecule has 1 aromatic heterocycles. The number of hydrogen-bond donors (Lipinski definition) is 2. The molecule has 2 amide bonds. The molecule has 3 aromatic rings. The molecule has 33 heavy (non-hydrogen) atoms. The Balaban J connectivity index is 1.44. The van der Waals surface area contributed by atoms with Crippen molar-refractivity contribution in [1.82, 2.24) is 20.4 Å². The zero-order chi connectivity index (χ0) is 23.0. The van der Waals surface area contributed by atoms with Crippen molar-refractivity contribution in [2.24, 2.45) is 0 Å². The zero-order valence-corrected chi connectivity index (χ0v) is 18.4. The summed E-state index contributed by atoms with van der Waals surface area (Å²) in [5.74, 6) is -0.233. The van der Waals surface area contributed by atoms with E-state index in [1.807, 2.05) is 17.1 Å². The molecule has 0 bridgehead atoms. The maximum atomic E-state index is 13.2. The number of benzene rings is 2. The first-order valence-corrected chi connectivity index (χ1v) is 11.1. The molecule has 2 N–H and O–H groups in total. The lowest BCUT2D eigenvalue weighted by molar-refractivity contribution is -0.133. The van der Waals surface area contributed by atoms with Gasteiger partial charge in [-0.1, -0.05) is 18.2 Å². The molecular weight excluding hydrogens is 423 g/mol. The van der Waals surface area contributed by atoms with E-state index in [0.29, 0.717) is 40.8 Å². The van der Waals surface area contributed by atoms with Gasteiger partial charge in [-0.2, -0.15) is 5.10 Å². The molecule has 0 unspecified atom stereocenters. The van der Waals surface area contributed by atoms with Gasteiger partial charge in [0.2, 0.25) is 5.91 Å². The Kier molecular flexibility index (Phi) is 5.36. The summed E-state index contributed by atoms with van der Waals surface area (Å²) in [5, 5.41) is 10.9. The van der Waals surface area contributed by atoms with E-state index in [4.69, 9.17) is 4.74 Å². The van der Waals surface area contributed by atoms with Crippen LogP contribution in [-0.2, 0) is 4.79 Å². The van der Waals surface area contributed by atoms with Crippen molar-refractivity contribution in [3.63, 3.8) is 0 Å². The van der Waals surface area contributed by atoms with Gasteiger partial charge in [0, 0.05) is 13.1 Å². The van der Waals surface area contributed by atoms with Crippen molar-refractivity contribution < 1.29 is 18.7 Å². The fraction of sp³-hybridized carbons (Fsp3) is 0.320. The molecule has 1 aliphatic carbocycles. The number of likely N-dealkylation sites (tertiary alicyclic amines) is 1. The average molecular weight is 448 g/mol. The number of halogens is 1. The minimum Gasteiger partial charge on any atom is -0.495 e. The number of amides is 2. The summed E-state index contributed by atoms with van der Waals surface area (Å²) in [5.41, 5.74) is 1.68. The van der Waals surface area contributed by atoms with Crippen molar-refractivity contribution in [1.29, 1.82) is 0 Å². The maximum absolute atomic E-state index is 13.2. The minimum atomic E-state index is -0.802. The molecular formula is C25H25FN4O3. The quantitative estimate of drug-likeness (QED) is 0.601. The molecule has 2 heterocycles. The van der Waals surface area contributed by atoms with Crippen LogP contribution in [0, 0.1) is 5.82 Å². The number of carbonyl (C=O) groups is 2. The van der Waals surface area contributed by atoms with E-state index < -0.39 is 5.54 Å². The van der Waals surface area contributed by atoms with E-state index in [1.54, 1.807) is 24.3 Å². The van der Waals surface area contributed by atoms with Gasteiger partial charge in [0.25, 0.3) is 5.91 Å². The van der Waals surface area contributed by atoms with Crippen LogP contribution < -0.4 is 10.1 Å². The number of aromatic nitrogens is 2. The fourth-order valence-corrected chi connectivity index (χ4v) is 4.39. The van der Waals surface area contributed by atoms with Gasteiger partial charge in [0.15, 0.2) is 0 Å². The molecule has 1 aliphatic heterocycles. The van der Waals surface area contributed by atoms with Gasteiger partial charge in [0.1, 0.15) is 17.1 Å². The second-order valence-electron chi connectivity index (χ2n) is 8.60. The van der Waals surface area contributed by atoms with Gasteiger partial charge in [-0.3, -0.25) is 14.7 Å². The van der Waals surface area contributed by atoms with Gasteiger partial charge >= 0.3 is 0 Å². The van der Waals surface area contributed by atoms with Crippen LogP contribution in [0.25, 0.3) is 23.1 Å². The first-order chi connectivity index (χ1) is 16.0. The topological polar surface area (TPSA) is 87.3 Å². The molecule has 0 atom stereocenters. The number of rotatable bonds is 6. The Bertz CT molecular complexity index is 1240. The third-order valence-electron chi connectivity index (χ3n) is 6.37. The van der Waals surface area contributed by atoms with E-state index in [1.165, 1.54) is 19.2 Å². The summed E-state index contributed by atoms with van der Waals surface area (Å²) in [6.45, 7) is 1.51. The highest BCUT2D eigenvalue weighted by Crippen LogP contribution is 2.39. The normalized spacial score (nSPS) is 17.0. The predicted molar refractivity (Wildman–Crippen MR) is 123 cm³/mol. The molecule has 2 aliphatic rings. The molecule has 8 heteroatoms. The number of fused-ring (bicyclic) bond motifs is 1. The lowest BCUT2D eigenvalue weighted by Gasteiger charge is -2.24. The number of carbonyl (C=O) groups excluding carboxylic acids is 2. The van der Waals surface area contributed by atoms with Crippen LogP contribution in [0.1, 0.15) is 47.3 Å². The van der Waals surface area contributed by atoms with Crippen LogP contribution in [0.5, 0.6) is 5.75 Å². The number of methoxy groups -OCH3 is 1. The largest absolute Gasteiger partial charge is 0.495 e. The van der Waals surface area contributed by atoms with Crippen molar-refractivity contribution >= 4 is 34.9 Å². The highest BCUT2D eigenvalue weighted by atomic mass is 19.1. The third-order valence-corrected chi connectivity index (χ3v) is 6.37. The summed E-state index contributed by atoms with van der Waals surface area (Å²) >= 11 is 0. The van der Waals surface area contributed by atoms with E-state index in [0.717, 1.165) is 31.5 Å². The summed E-state index contributed by atoms with van der Waals surface area (Å²) in [6, 6.07) is 9.55. The predicted octanol–water partition coefficient (Wildman–Crippen LogP) is 3.77. The van der Waals surface area contributed by atoms with Gasteiger partial charge in [-0.25, -0.2) is 4.39 Å². The molecule has 0 radical (unpaired) electrons. The highest BCUT2D eigenvalue weighted by molar-refractivity contribution is 6.07. The van der Waals surface area contributed by atoms with Crippen molar-refractivity contribution in [2.45, 2.75) is 31.2 Å². The van der Waals surface area contributed by atoms with Gasteiger partial charge in [-0.05, 0) is 61.6 Å². The van der Waals surface area contributed by atoms with Gasteiger partial charge in [-0.15, -0.1) is 0 Å². The van der Waals surface area contributed by atoms with E-state index in [-0.39, 0.29) is 17.6 Å². The molecule has 2 fully saturated rings. The molecule has 1 saturated carbocycles. The van der Waals surface area contributed by atoms with Crippen molar-refractivity contribution in [2.75, 3.05) is 20.2 Å². The van der Waals surface area contributed by atoms with E-state index in [9.17, 15) is 14.0 Å². The number of nitrogens with one attached hydrogen (secondary N) is 2. The maximum Gasteiger partial charge on any atom is 0.255 e. The van der Waals surface area contributed by atoms with Crippen LogP contribution in [0.3, 0.4) is 0 Å². The lowest BCUT2D eigenvalue weighted by Crippen LogP contribution is -2.50. The summed E-state index contributed by atoms with van der Waals surface area (Å²) in [7, 11) is 1.51. The van der Waals surface area contributed by atoms with E-state index in [2.05, 4.69) is 15.5 Å². The minimum absolute atomic E-state index is 0.0135. The summed E-state index contributed by atoms with van der Waals surface area (Å²) < 4.78 is 18.8. The standard InChI is InChI=1S/C25H25FN4O3/c1-33-22-18(23(31)27-25(12-13-25)24(32)30-14-2-3-15-30)9-11-20-21(22)19(28-29-20)10-6-16-4-7-17(26)8-5-16/h4-11H,2-3,12-15H2,1H3,(H,27,31)(H,28,29). The summed E-state index contributed by atoms with van der Waals surface area (Å²) in [6.07, 6.45) is 6.95. The Morgan fingerprint density at radius 3 is 2.52 bits per heavy atom. The Morgan fingerprint density at radius 1 is 1.12 bits per heavy atom. The molecule has 170 valence electrons. The van der Waals surface area contributed by atoms with Crippen LogP contribution in [0.2, 0.25) is 0 Å². The summed E-state index contributed by atoms with van der Waals surface area (Å²) in [4.78, 5) is 28.0. The molecule has 0 spiro atoms. The Morgan fingerprint density at radius 2 is 1.85 bits per heavy atom. The lowest BCUT2D eigenvalue weighted by atomic mass is 10.1. The van der Waals surface area contributed by atoms with Crippen LogP contribution in [0.4, 0.5) is 4.39 Å². The SMILES string of the molecule is COc1c(C(=O)NC2(C(=O)N3CCCC3)CC2)ccc2n[nH]c(C=Cc3ccc(F)cc3)c12. The van der Waals surface area contributed by atoms with Crippen LogP contribution in [-0.4, -0.2) is 52.6 Å². The highest BCUT2D eigenvalue weighted by Gasteiger charge is 2.53. The first kappa shape index (κ1) is 21.2. The number of hydrogen-bond acceptors (Lipinski definition) is 4. The Labute approximate surface area is 190 Å². The van der Waals surface area contributed by atoms with Crippen LogP contribution in [0.15, 0.2) is 36.4 Å². The second-order valence-corrected chi connectivity index (χ2v) is 8.60. The van der Waals surface area contributed by atoms with Gasteiger partial charge < -0.3 is 15.0 Å². The Hall–Kier alpha value is -3.68. The monoisotopic (exact) mass is 448 g/mol. The van der Waals surface area contributed by atoms with Crippen molar-refractivity contribution in [3.8, 4) is 5.75 Å². The second kappa shape index (κ2) is 8.35. The van der Waals surface area contributed by atoms with Crippen LogP contribution >= 0.6 is 0 Å². The fourth-order valence-electron chi connectivity index (χ4n) is 4.39. The third kappa shape index (κ3) is 3.97. The number of nitrogens with zero attached hydrogens (tertiary/aromatic N) is 2. The molecule has 5 rings (SSSR count). The van der Waals surface area contributed by atoms with Gasteiger partial charge in [0.05, 0.1) is 29.3 Å². The number of ether oxygens (including phenoxy) is 1. The van der Waals surface area contributed by atoms with Crippen molar-refractivity contribution in [3.05, 3.63) is 59.0 Å². The average Bonchev–Trinajstić information content (AvgIpc) is 3.23. The molecule has 2 aromatic carbocycles. The van der Waals surface area contributed by atoms with E-state index >= 15 is 0 Å². The molecule has 7 nitrogen and oxygen atoms in total.